The Bertz CT molecular complexity index is 1090. The van der Waals surface area contributed by atoms with Gasteiger partial charge in [0.1, 0.15) is 12.4 Å². The summed E-state index contributed by atoms with van der Waals surface area (Å²) in [7, 11) is 0. The van der Waals surface area contributed by atoms with Gasteiger partial charge in [-0.2, -0.15) is 0 Å². The Morgan fingerprint density at radius 1 is 1.12 bits per heavy atom. The summed E-state index contributed by atoms with van der Waals surface area (Å²) in [5.41, 5.74) is 2.69. The molecule has 2 amide bonds. The number of carbonyl (C=O) groups is 2. The fourth-order valence-corrected chi connectivity index (χ4v) is 4.61. The summed E-state index contributed by atoms with van der Waals surface area (Å²) in [6, 6.07) is 17.7. The SMILES string of the molecule is CCCCN1C[C@H](c2nc3ccccc3n2CC(=O)N(c2ccccc2)C(C)C)CC1=O. The molecule has 0 radical (unpaired) electrons. The number of para-hydroxylation sites is 3. The molecule has 168 valence electrons. The molecule has 2 aromatic carbocycles. The summed E-state index contributed by atoms with van der Waals surface area (Å²) >= 11 is 0. The maximum atomic E-state index is 13.5. The van der Waals surface area contributed by atoms with Crippen molar-refractivity contribution in [3.8, 4) is 0 Å². The third-order valence-electron chi connectivity index (χ3n) is 6.16. The van der Waals surface area contributed by atoms with Gasteiger partial charge >= 0.3 is 0 Å². The van der Waals surface area contributed by atoms with Crippen LogP contribution in [0.25, 0.3) is 11.0 Å². The van der Waals surface area contributed by atoms with Crippen LogP contribution in [0.2, 0.25) is 0 Å². The van der Waals surface area contributed by atoms with E-state index in [1.54, 1.807) is 0 Å². The number of hydrogen-bond acceptors (Lipinski definition) is 3. The van der Waals surface area contributed by atoms with Crippen LogP contribution in [0, 0.1) is 0 Å². The molecule has 1 fully saturated rings. The lowest BCUT2D eigenvalue weighted by Crippen LogP contribution is -2.39. The van der Waals surface area contributed by atoms with E-state index >= 15 is 0 Å². The highest BCUT2D eigenvalue weighted by Gasteiger charge is 2.34. The highest BCUT2D eigenvalue weighted by Crippen LogP contribution is 2.31. The number of aromatic nitrogens is 2. The second kappa shape index (κ2) is 9.55. The molecule has 1 aliphatic heterocycles. The van der Waals surface area contributed by atoms with Gasteiger partial charge in [0, 0.05) is 37.2 Å². The average Bonchev–Trinajstić information content (AvgIpc) is 3.33. The lowest BCUT2D eigenvalue weighted by Gasteiger charge is -2.27. The van der Waals surface area contributed by atoms with Crippen LogP contribution in [0.15, 0.2) is 54.6 Å². The van der Waals surface area contributed by atoms with Crippen LogP contribution in [0.5, 0.6) is 0 Å². The van der Waals surface area contributed by atoms with Crippen molar-refractivity contribution in [3.63, 3.8) is 0 Å². The van der Waals surface area contributed by atoms with E-state index in [4.69, 9.17) is 4.98 Å². The number of fused-ring (bicyclic) bond motifs is 1. The third-order valence-corrected chi connectivity index (χ3v) is 6.16. The average molecular weight is 433 g/mol. The summed E-state index contributed by atoms with van der Waals surface area (Å²) < 4.78 is 2.03. The van der Waals surface area contributed by atoms with Crippen molar-refractivity contribution in [3.05, 3.63) is 60.4 Å². The molecule has 0 bridgehead atoms. The van der Waals surface area contributed by atoms with E-state index in [1.807, 2.05) is 82.8 Å². The first-order chi connectivity index (χ1) is 15.5. The van der Waals surface area contributed by atoms with Crippen LogP contribution in [-0.4, -0.2) is 45.4 Å². The van der Waals surface area contributed by atoms with E-state index < -0.39 is 0 Å². The molecule has 1 atom stereocenters. The van der Waals surface area contributed by atoms with Crippen molar-refractivity contribution in [2.24, 2.45) is 0 Å². The zero-order chi connectivity index (χ0) is 22.7. The Hall–Kier alpha value is -3.15. The number of anilines is 1. The number of benzene rings is 2. The van der Waals surface area contributed by atoms with Crippen molar-refractivity contribution in [2.75, 3.05) is 18.0 Å². The van der Waals surface area contributed by atoms with Crippen LogP contribution in [0.1, 0.15) is 51.8 Å². The Kier molecular flexibility index (Phi) is 6.58. The van der Waals surface area contributed by atoms with Gasteiger partial charge in [0.15, 0.2) is 0 Å². The van der Waals surface area contributed by atoms with Gasteiger partial charge in [-0.15, -0.1) is 0 Å². The van der Waals surface area contributed by atoms with Crippen LogP contribution >= 0.6 is 0 Å². The standard InChI is InChI=1S/C26H32N4O2/c1-4-5-15-28-17-20(16-24(28)31)26-27-22-13-9-10-14-23(22)29(26)18-25(32)30(19(2)3)21-11-7-6-8-12-21/h6-14,19-20H,4-5,15-18H2,1-3H3/t20-/m1/s1. The van der Waals surface area contributed by atoms with Crippen molar-refractivity contribution in [2.45, 2.75) is 58.5 Å². The zero-order valence-corrected chi connectivity index (χ0v) is 19.2. The first-order valence-corrected chi connectivity index (χ1v) is 11.6. The second-order valence-electron chi connectivity index (χ2n) is 8.83. The number of hydrogen-bond donors (Lipinski definition) is 0. The van der Waals surface area contributed by atoms with E-state index in [0.29, 0.717) is 13.0 Å². The molecular formula is C26H32N4O2. The molecule has 1 saturated heterocycles. The fraction of sp³-hybridized carbons (Fsp3) is 0.423. The molecule has 1 aliphatic rings. The molecule has 0 saturated carbocycles. The smallest absolute Gasteiger partial charge is 0.247 e. The van der Waals surface area contributed by atoms with Crippen LogP contribution in [0.4, 0.5) is 5.69 Å². The summed E-state index contributed by atoms with van der Waals surface area (Å²) in [5.74, 6) is 1.04. The molecule has 0 spiro atoms. The summed E-state index contributed by atoms with van der Waals surface area (Å²) in [4.78, 5) is 34.8. The quantitative estimate of drug-likeness (QED) is 0.523. The lowest BCUT2D eigenvalue weighted by molar-refractivity contribution is -0.127. The zero-order valence-electron chi connectivity index (χ0n) is 19.2. The van der Waals surface area contributed by atoms with Crippen molar-refractivity contribution in [1.82, 2.24) is 14.5 Å². The Morgan fingerprint density at radius 2 is 1.84 bits per heavy atom. The first kappa shape index (κ1) is 22.1. The minimum atomic E-state index is 0.00350. The van der Waals surface area contributed by atoms with Gasteiger partial charge in [0.25, 0.3) is 0 Å². The molecule has 4 rings (SSSR count). The summed E-state index contributed by atoms with van der Waals surface area (Å²) in [6.07, 6.45) is 2.52. The van der Waals surface area contributed by atoms with Gasteiger partial charge in [0.05, 0.1) is 11.0 Å². The molecular weight excluding hydrogens is 400 g/mol. The Balaban J connectivity index is 1.66. The maximum Gasteiger partial charge on any atom is 0.247 e. The molecule has 6 nitrogen and oxygen atoms in total. The number of amides is 2. The number of imidazole rings is 1. The molecule has 1 aromatic heterocycles. The van der Waals surface area contributed by atoms with Gasteiger partial charge in [-0.3, -0.25) is 9.59 Å². The molecule has 0 N–H and O–H groups in total. The highest BCUT2D eigenvalue weighted by atomic mass is 16.2. The summed E-state index contributed by atoms with van der Waals surface area (Å²) in [6.45, 7) is 7.85. The maximum absolute atomic E-state index is 13.5. The van der Waals surface area contributed by atoms with E-state index in [1.165, 1.54) is 0 Å². The normalized spacial score (nSPS) is 16.3. The molecule has 0 unspecified atom stereocenters. The van der Waals surface area contributed by atoms with Crippen molar-refractivity contribution >= 4 is 28.5 Å². The number of unbranched alkanes of at least 4 members (excludes halogenated alkanes) is 1. The topological polar surface area (TPSA) is 58.4 Å². The predicted molar refractivity (Wildman–Crippen MR) is 128 cm³/mol. The number of rotatable bonds is 8. The Labute approximate surface area is 189 Å². The molecule has 6 heteroatoms. The van der Waals surface area contributed by atoms with E-state index in [2.05, 4.69) is 6.92 Å². The Morgan fingerprint density at radius 3 is 2.56 bits per heavy atom. The molecule has 0 aliphatic carbocycles. The van der Waals surface area contributed by atoms with Crippen LogP contribution in [0.3, 0.4) is 0 Å². The third kappa shape index (κ3) is 4.40. The number of carbonyl (C=O) groups excluding carboxylic acids is 2. The number of nitrogens with zero attached hydrogens (tertiary/aromatic N) is 4. The van der Waals surface area contributed by atoms with Gasteiger partial charge in [0.2, 0.25) is 11.8 Å². The van der Waals surface area contributed by atoms with Crippen molar-refractivity contribution < 1.29 is 9.59 Å². The van der Waals surface area contributed by atoms with Gasteiger partial charge in [-0.1, -0.05) is 43.7 Å². The summed E-state index contributed by atoms with van der Waals surface area (Å²) in [5, 5.41) is 0. The molecule has 2 heterocycles. The van der Waals surface area contributed by atoms with Crippen molar-refractivity contribution in [1.29, 1.82) is 0 Å². The van der Waals surface area contributed by atoms with E-state index in [-0.39, 0.29) is 30.3 Å². The highest BCUT2D eigenvalue weighted by molar-refractivity contribution is 5.94. The van der Waals surface area contributed by atoms with Crippen LogP contribution < -0.4 is 4.90 Å². The van der Waals surface area contributed by atoms with Gasteiger partial charge in [-0.05, 0) is 44.5 Å². The van der Waals surface area contributed by atoms with Crippen LogP contribution in [-0.2, 0) is 16.1 Å². The monoisotopic (exact) mass is 432 g/mol. The number of likely N-dealkylation sites (tertiary alicyclic amines) is 1. The second-order valence-corrected chi connectivity index (χ2v) is 8.83. The molecule has 3 aromatic rings. The van der Waals surface area contributed by atoms with Gasteiger partial charge in [-0.25, -0.2) is 4.98 Å². The predicted octanol–water partition coefficient (Wildman–Crippen LogP) is 4.59. The minimum absolute atomic E-state index is 0.00350. The fourth-order valence-electron chi connectivity index (χ4n) is 4.61. The minimum Gasteiger partial charge on any atom is -0.342 e. The van der Waals surface area contributed by atoms with E-state index in [9.17, 15) is 9.59 Å². The van der Waals surface area contributed by atoms with Gasteiger partial charge < -0.3 is 14.4 Å². The lowest BCUT2D eigenvalue weighted by atomic mass is 10.1. The molecule has 32 heavy (non-hydrogen) atoms. The van der Waals surface area contributed by atoms with E-state index in [0.717, 1.165) is 41.9 Å². The first-order valence-electron chi connectivity index (χ1n) is 11.6. The largest absolute Gasteiger partial charge is 0.342 e.